The molecule has 1 heterocycles. The van der Waals surface area contributed by atoms with Crippen molar-refractivity contribution in [3.8, 4) is 5.75 Å². The first-order valence-corrected chi connectivity index (χ1v) is 14.5. The van der Waals surface area contributed by atoms with E-state index >= 15 is 0 Å². The molecule has 0 radical (unpaired) electrons. The first-order chi connectivity index (χ1) is 16.9. The monoisotopic (exact) mass is 552 g/mol. The van der Waals surface area contributed by atoms with E-state index in [0.29, 0.717) is 28.0 Å². The maximum atomic E-state index is 13.3. The first-order valence-electron chi connectivity index (χ1n) is 12.0. The van der Waals surface area contributed by atoms with Crippen molar-refractivity contribution in [2.75, 3.05) is 13.0 Å². The summed E-state index contributed by atoms with van der Waals surface area (Å²) < 4.78 is 30.6. The van der Waals surface area contributed by atoms with Crippen LogP contribution >= 0.6 is 30.8 Å². The van der Waals surface area contributed by atoms with E-state index in [0.717, 1.165) is 34.3 Å². The van der Waals surface area contributed by atoms with Crippen LogP contribution in [0.4, 0.5) is 0 Å². The molecule has 36 heavy (non-hydrogen) atoms. The fourth-order valence-electron chi connectivity index (χ4n) is 4.39. The predicted octanol–water partition coefficient (Wildman–Crippen LogP) is 9.29. The summed E-state index contributed by atoms with van der Waals surface area (Å²) in [5, 5.41) is 11.0. The summed E-state index contributed by atoms with van der Waals surface area (Å²) in [6.07, 6.45) is 2.75. The quantitative estimate of drug-likeness (QED) is 0.201. The van der Waals surface area contributed by atoms with Crippen LogP contribution in [0.5, 0.6) is 5.75 Å². The topological polar surface area (TPSA) is 65.0 Å². The van der Waals surface area contributed by atoms with E-state index < -0.39 is 13.7 Å². The van der Waals surface area contributed by atoms with E-state index in [1.165, 1.54) is 5.56 Å². The molecule has 0 spiro atoms. The standard InChI is InChI=1S/C28H35Cl2O5P/c1-17(2)26(21(6)31)9-18(3)10-27-19(4)11-25(12-20(27)5)33-16-36(32)34-8-7-28(35-36)22-13-23(29)15-24(30)14-22/h9,11-15,17,28,31H,7-8,10,16H2,1-6H3/b18-9+,26-21-/t28-,36-/m0/s1. The van der Waals surface area contributed by atoms with E-state index in [4.69, 9.17) is 37.0 Å². The summed E-state index contributed by atoms with van der Waals surface area (Å²) in [6.45, 7) is 12.3. The Balaban J connectivity index is 1.71. The second kappa shape index (κ2) is 12.2. The summed E-state index contributed by atoms with van der Waals surface area (Å²) in [4.78, 5) is 0. The number of aryl methyl sites for hydroxylation is 2. The SMILES string of the molecule is C/C(=C\C(=C(/C)O)C(C)C)Cc1c(C)cc(OC[P@]2(=O)OCC[C@@H](c3cc(Cl)cc(Cl)c3)O2)cc1C. The molecule has 1 aliphatic heterocycles. The molecule has 0 saturated carbocycles. The van der Waals surface area contributed by atoms with Crippen LogP contribution in [0.25, 0.3) is 0 Å². The van der Waals surface area contributed by atoms with Crippen molar-refractivity contribution >= 4 is 30.8 Å². The highest BCUT2D eigenvalue weighted by Gasteiger charge is 2.35. The molecule has 196 valence electrons. The average molecular weight is 553 g/mol. The van der Waals surface area contributed by atoms with Crippen LogP contribution in [0.3, 0.4) is 0 Å². The zero-order valence-electron chi connectivity index (χ0n) is 21.7. The third-order valence-electron chi connectivity index (χ3n) is 6.17. The van der Waals surface area contributed by atoms with E-state index in [-0.39, 0.29) is 18.9 Å². The van der Waals surface area contributed by atoms with Gasteiger partial charge in [-0.15, -0.1) is 0 Å². The van der Waals surface area contributed by atoms with Gasteiger partial charge in [0.15, 0.2) is 6.35 Å². The number of aliphatic hydroxyl groups excluding tert-OH is 1. The maximum absolute atomic E-state index is 13.3. The average Bonchev–Trinajstić information content (AvgIpc) is 2.77. The van der Waals surface area contributed by atoms with Crippen LogP contribution in [0.1, 0.15) is 62.5 Å². The third-order valence-corrected chi connectivity index (χ3v) is 8.20. The van der Waals surface area contributed by atoms with Crippen LogP contribution in [0.2, 0.25) is 10.0 Å². The van der Waals surface area contributed by atoms with Crippen molar-refractivity contribution in [2.45, 2.75) is 60.5 Å². The Hall–Kier alpha value is -1.75. The van der Waals surface area contributed by atoms with E-state index in [2.05, 4.69) is 26.8 Å². The fraction of sp³-hybridized carbons (Fsp3) is 0.429. The van der Waals surface area contributed by atoms with Gasteiger partial charge in [0.2, 0.25) is 0 Å². The van der Waals surface area contributed by atoms with Gasteiger partial charge in [0, 0.05) is 16.5 Å². The van der Waals surface area contributed by atoms with E-state index in [9.17, 15) is 9.67 Å². The van der Waals surface area contributed by atoms with Gasteiger partial charge in [0.25, 0.3) is 0 Å². The fourth-order valence-corrected chi connectivity index (χ4v) is 6.43. The Morgan fingerprint density at radius 1 is 1.14 bits per heavy atom. The van der Waals surface area contributed by atoms with Crippen LogP contribution in [-0.2, 0) is 20.0 Å². The third kappa shape index (κ3) is 7.63. The molecular formula is C28H35Cl2O5P. The number of hydrogen-bond donors (Lipinski definition) is 1. The van der Waals surface area contributed by atoms with Gasteiger partial charge >= 0.3 is 7.60 Å². The van der Waals surface area contributed by atoms with Crippen LogP contribution in [-0.4, -0.2) is 18.1 Å². The molecule has 2 aromatic carbocycles. The van der Waals surface area contributed by atoms with Crippen LogP contribution in [0.15, 0.2) is 53.3 Å². The number of hydrogen-bond acceptors (Lipinski definition) is 5. The highest BCUT2D eigenvalue weighted by atomic mass is 35.5. The molecule has 1 N–H and O–H groups in total. The number of allylic oxidation sites excluding steroid dienone is 4. The maximum Gasteiger partial charge on any atom is 0.368 e. The summed E-state index contributed by atoms with van der Waals surface area (Å²) >= 11 is 12.3. The molecule has 0 amide bonds. The zero-order chi connectivity index (χ0) is 26.6. The molecule has 2 atom stereocenters. The first kappa shape index (κ1) is 28.8. The summed E-state index contributed by atoms with van der Waals surface area (Å²) in [7, 11) is -3.48. The van der Waals surface area contributed by atoms with Crippen LogP contribution in [0, 0.1) is 19.8 Å². The van der Waals surface area contributed by atoms with Crippen LogP contribution < -0.4 is 4.74 Å². The van der Waals surface area contributed by atoms with Crippen molar-refractivity contribution in [1.29, 1.82) is 0 Å². The lowest BCUT2D eigenvalue weighted by molar-refractivity contribution is 0.0725. The Bertz CT molecular complexity index is 1170. The summed E-state index contributed by atoms with van der Waals surface area (Å²) in [6, 6.07) is 9.05. The molecule has 0 aliphatic carbocycles. The number of rotatable bonds is 8. The second-order valence-corrected chi connectivity index (χ2v) is 12.5. The molecule has 1 fully saturated rings. The lowest BCUT2D eigenvalue weighted by atomic mass is 9.93. The van der Waals surface area contributed by atoms with Crippen molar-refractivity contribution in [3.05, 3.63) is 85.6 Å². The zero-order valence-corrected chi connectivity index (χ0v) is 24.1. The Morgan fingerprint density at radius 2 is 1.75 bits per heavy atom. The van der Waals surface area contributed by atoms with Gasteiger partial charge in [-0.1, -0.05) is 48.7 Å². The van der Waals surface area contributed by atoms with Crippen molar-refractivity contribution in [2.24, 2.45) is 5.92 Å². The molecule has 5 nitrogen and oxygen atoms in total. The normalized spacial score (nSPS) is 21.5. The minimum atomic E-state index is -3.48. The lowest BCUT2D eigenvalue weighted by Crippen LogP contribution is -2.17. The van der Waals surface area contributed by atoms with Gasteiger partial charge in [-0.25, -0.2) is 0 Å². The summed E-state index contributed by atoms with van der Waals surface area (Å²) in [5.41, 5.74) is 6.21. The predicted molar refractivity (Wildman–Crippen MR) is 148 cm³/mol. The number of ether oxygens (including phenoxy) is 1. The molecule has 2 aromatic rings. The van der Waals surface area contributed by atoms with Gasteiger partial charge in [0.05, 0.1) is 18.5 Å². The van der Waals surface area contributed by atoms with Crippen molar-refractivity contribution in [3.63, 3.8) is 0 Å². The van der Waals surface area contributed by atoms with Gasteiger partial charge < -0.3 is 14.4 Å². The number of benzene rings is 2. The Labute approximate surface area is 224 Å². The smallest absolute Gasteiger partial charge is 0.368 e. The molecule has 1 aliphatic rings. The highest BCUT2D eigenvalue weighted by molar-refractivity contribution is 7.53. The molecule has 3 rings (SSSR count). The second-order valence-electron chi connectivity index (χ2n) is 9.70. The largest absolute Gasteiger partial charge is 0.512 e. The number of halogens is 2. The molecule has 0 aromatic heterocycles. The molecule has 0 unspecified atom stereocenters. The molecule has 0 bridgehead atoms. The molecule has 1 saturated heterocycles. The highest BCUT2D eigenvalue weighted by Crippen LogP contribution is 2.56. The van der Waals surface area contributed by atoms with Gasteiger partial charge in [0.1, 0.15) is 5.75 Å². The summed E-state index contributed by atoms with van der Waals surface area (Å²) in [5.74, 6) is 1.20. The van der Waals surface area contributed by atoms with Gasteiger partial charge in [-0.3, -0.25) is 9.09 Å². The van der Waals surface area contributed by atoms with E-state index in [1.807, 2.05) is 26.0 Å². The van der Waals surface area contributed by atoms with Crippen molar-refractivity contribution in [1.82, 2.24) is 0 Å². The Kier molecular flexibility index (Phi) is 9.76. The lowest BCUT2D eigenvalue weighted by Gasteiger charge is -2.30. The molecular weight excluding hydrogens is 518 g/mol. The van der Waals surface area contributed by atoms with Crippen molar-refractivity contribution < 1.29 is 23.5 Å². The Morgan fingerprint density at radius 3 is 2.31 bits per heavy atom. The molecule has 8 heteroatoms. The van der Waals surface area contributed by atoms with Gasteiger partial charge in [-0.05, 0) is 98.2 Å². The van der Waals surface area contributed by atoms with Gasteiger partial charge in [-0.2, -0.15) is 0 Å². The van der Waals surface area contributed by atoms with E-state index in [1.54, 1.807) is 25.1 Å². The minimum Gasteiger partial charge on any atom is -0.512 e. The minimum absolute atomic E-state index is 0.187. The number of aliphatic hydroxyl groups is 1.